The number of nitrogens with zero attached hydrogens (tertiary/aromatic N) is 2. The highest BCUT2D eigenvalue weighted by Crippen LogP contribution is 2.21. The van der Waals surface area contributed by atoms with Gasteiger partial charge in [0.25, 0.3) is 0 Å². The van der Waals surface area contributed by atoms with Crippen LogP contribution >= 0.6 is 0 Å². The summed E-state index contributed by atoms with van der Waals surface area (Å²) in [5.41, 5.74) is 3.57. The molecule has 0 atom stereocenters. The van der Waals surface area contributed by atoms with Gasteiger partial charge in [-0.25, -0.2) is 0 Å². The molecule has 2 nitrogen and oxygen atoms in total. The van der Waals surface area contributed by atoms with Gasteiger partial charge < -0.3 is 0 Å². The van der Waals surface area contributed by atoms with Gasteiger partial charge in [0.05, 0.1) is 5.69 Å². The fourth-order valence-electron chi connectivity index (χ4n) is 1.58. The maximum Gasteiger partial charge on any atom is 0.0672 e. The zero-order valence-electron chi connectivity index (χ0n) is 8.57. The number of hydrogen-bond donors (Lipinski definition) is 0. The molecule has 72 valence electrons. The molecule has 0 spiro atoms. The van der Waals surface area contributed by atoms with E-state index < -0.39 is 0 Å². The number of hydrogen-bond acceptors (Lipinski definition) is 1. The van der Waals surface area contributed by atoms with Crippen LogP contribution in [0.15, 0.2) is 36.5 Å². The fourth-order valence-corrected chi connectivity index (χ4v) is 1.58. The minimum absolute atomic E-state index is 0.924. The van der Waals surface area contributed by atoms with Crippen molar-refractivity contribution in [2.75, 3.05) is 0 Å². The highest BCUT2D eigenvalue weighted by molar-refractivity contribution is 5.64. The van der Waals surface area contributed by atoms with Gasteiger partial charge in [-0.05, 0) is 19.4 Å². The number of aryl methyl sites for hydroxylation is 2. The Hall–Kier alpha value is -1.57. The summed E-state index contributed by atoms with van der Waals surface area (Å²) in [5, 5.41) is 4.42. The lowest BCUT2D eigenvalue weighted by Crippen LogP contribution is -1.93. The summed E-state index contributed by atoms with van der Waals surface area (Å²) in [6.07, 6.45) is 2.10. The van der Waals surface area contributed by atoms with Crippen LogP contribution in [0.3, 0.4) is 0 Å². The van der Waals surface area contributed by atoms with E-state index in [2.05, 4.69) is 49.4 Å². The molecular weight excluding hydrogens is 172 g/mol. The van der Waals surface area contributed by atoms with E-state index in [1.165, 1.54) is 11.1 Å². The van der Waals surface area contributed by atoms with Crippen molar-refractivity contribution in [1.29, 1.82) is 0 Å². The molecule has 2 heteroatoms. The third-order valence-corrected chi connectivity index (χ3v) is 2.36. The van der Waals surface area contributed by atoms with Crippen LogP contribution in [0.4, 0.5) is 0 Å². The van der Waals surface area contributed by atoms with E-state index in [1.54, 1.807) is 0 Å². The molecule has 0 unspecified atom stereocenters. The third kappa shape index (κ3) is 1.55. The average molecular weight is 186 g/mol. The highest BCUT2D eigenvalue weighted by Gasteiger charge is 2.04. The van der Waals surface area contributed by atoms with Crippen molar-refractivity contribution in [3.05, 3.63) is 42.2 Å². The van der Waals surface area contributed by atoms with Crippen molar-refractivity contribution in [2.45, 2.75) is 20.4 Å². The molecule has 2 rings (SSSR count). The smallest absolute Gasteiger partial charge is 0.0672 e. The molecule has 0 aliphatic carbocycles. The molecule has 1 heterocycles. The summed E-state index contributed by atoms with van der Waals surface area (Å²) in [7, 11) is 0. The maximum atomic E-state index is 4.42. The van der Waals surface area contributed by atoms with Gasteiger partial charge in [0, 0.05) is 18.3 Å². The summed E-state index contributed by atoms with van der Waals surface area (Å²) in [4.78, 5) is 0. The molecule has 0 saturated carbocycles. The normalized spacial score (nSPS) is 10.4. The minimum Gasteiger partial charge on any atom is -0.272 e. The zero-order chi connectivity index (χ0) is 9.97. The lowest BCUT2D eigenvalue weighted by molar-refractivity contribution is 0.653. The summed E-state index contributed by atoms with van der Waals surface area (Å²) in [6.45, 7) is 5.07. The van der Waals surface area contributed by atoms with Gasteiger partial charge in [-0.15, -0.1) is 0 Å². The second kappa shape index (κ2) is 3.66. The van der Waals surface area contributed by atoms with E-state index in [0.717, 1.165) is 12.2 Å². The first-order valence-corrected chi connectivity index (χ1v) is 4.90. The van der Waals surface area contributed by atoms with Crippen molar-refractivity contribution in [3.63, 3.8) is 0 Å². The SMILES string of the molecule is CCn1cc(-c2ccccc2)c(C)n1. The Morgan fingerprint density at radius 2 is 1.93 bits per heavy atom. The molecule has 1 aromatic carbocycles. The Kier molecular flexibility index (Phi) is 2.35. The van der Waals surface area contributed by atoms with Gasteiger partial charge >= 0.3 is 0 Å². The molecule has 1 aromatic heterocycles. The fraction of sp³-hybridized carbons (Fsp3) is 0.250. The van der Waals surface area contributed by atoms with Crippen molar-refractivity contribution in [3.8, 4) is 11.1 Å². The van der Waals surface area contributed by atoms with E-state index in [1.807, 2.05) is 10.7 Å². The molecule has 0 N–H and O–H groups in total. The summed E-state index contributed by atoms with van der Waals surface area (Å²) in [6, 6.07) is 10.4. The van der Waals surface area contributed by atoms with Crippen molar-refractivity contribution in [2.24, 2.45) is 0 Å². The standard InChI is InChI=1S/C12H14N2/c1-3-14-9-12(10(2)13-14)11-7-5-4-6-8-11/h4-9H,3H2,1-2H3. The van der Waals surface area contributed by atoms with Gasteiger partial charge in [-0.3, -0.25) is 4.68 Å². The summed E-state index contributed by atoms with van der Waals surface area (Å²) < 4.78 is 1.97. The molecule has 0 radical (unpaired) electrons. The molecule has 2 aromatic rings. The van der Waals surface area contributed by atoms with E-state index in [4.69, 9.17) is 0 Å². The molecule has 0 fully saturated rings. The van der Waals surface area contributed by atoms with Crippen molar-refractivity contribution in [1.82, 2.24) is 9.78 Å². The quantitative estimate of drug-likeness (QED) is 0.705. The second-order valence-electron chi connectivity index (χ2n) is 3.35. The number of rotatable bonds is 2. The number of aromatic nitrogens is 2. The van der Waals surface area contributed by atoms with Crippen molar-refractivity contribution < 1.29 is 0 Å². The first-order valence-electron chi connectivity index (χ1n) is 4.90. The van der Waals surface area contributed by atoms with E-state index >= 15 is 0 Å². The monoisotopic (exact) mass is 186 g/mol. The molecule has 0 aliphatic heterocycles. The Morgan fingerprint density at radius 3 is 2.50 bits per heavy atom. The molecule has 0 amide bonds. The van der Waals surface area contributed by atoms with E-state index in [9.17, 15) is 0 Å². The predicted octanol–water partition coefficient (Wildman–Crippen LogP) is 2.88. The largest absolute Gasteiger partial charge is 0.272 e. The van der Waals surface area contributed by atoms with Gasteiger partial charge in [-0.1, -0.05) is 30.3 Å². The topological polar surface area (TPSA) is 17.8 Å². The van der Waals surface area contributed by atoms with Crippen LogP contribution in [0.25, 0.3) is 11.1 Å². The zero-order valence-corrected chi connectivity index (χ0v) is 8.57. The van der Waals surface area contributed by atoms with Crippen LogP contribution in [-0.4, -0.2) is 9.78 Å². The Morgan fingerprint density at radius 1 is 1.21 bits per heavy atom. The van der Waals surface area contributed by atoms with Gasteiger partial charge in [0.2, 0.25) is 0 Å². The minimum atomic E-state index is 0.924. The molecule has 0 aliphatic rings. The second-order valence-corrected chi connectivity index (χ2v) is 3.35. The lowest BCUT2D eigenvalue weighted by atomic mass is 10.1. The van der Waals surface area contributed by atoms with E-state index in [0.29, 0.717) is 0 Å². The van der Waals surface area contributed by atoms with Crippen LogP contribution in [-0.2, 0) is 6.54 Å². The Bertz CT molecular complexity index is 415. The Balaban J connectivity index is 2.46. The first-order chi connectivity index (χ1) is 6.81. The third-order valence-electron chi connectivity index (χ3n) is 2.36. The van der Waals surface area contributed by atoms with Crippen LogP contribution in [0.2, 0.25) is 0 Å². The molecular formula is C12H14N2. The maximum absolute atomic E-state index is 4.42. The van der Waals surface area contributed by atoms with Gasteiger partial charge in [-0.2, -0.15) is 5.10 Å². The number of benzene rings is 1. The molecule has 0 saturated heterocycles. The van der Waals surface area contributed by atoms with Gasteiger partial charge in [0.15, 0.2) is 0 Å². The summed E-state index contributed by atoms with van der Waals surface area (Å²) in [5.74, 6) is 0. The van der Waals surface area contributed by atoms with Crippen molar-refractivity contribution >= 4 is 0 Å². The summed E-state index contributed by atoms with van der Waals surface area (Å²) >= 11 is 0. The van der Waals surface area contributed by atoms with Crippen LogP contribution in [0, 0.1) is 6.92 Å². The van der Waals surface area contributed by atoms with E-state index in [-0.39, 0.29) is 0 Å². The Labute approximate surface area is 84.2 Å². The first kappa shape index (κ1) is 9.00. The lowest BCUT2D eigenvalue weighted by Gasteiger charge is -1.96. The van der Waals surface area contributed by atoms with Crippen LogP contribution in [0.5, 0.6) is 0 Å². The molecule has 0 bridgehead atoms. The average Bonchev–Trinajstić information content (AvgIpc) is 2.61. The van der Waals surface area contributed by atoms with Crippen LogP contribution in [0.1, 0.15) is 12.6 Å². The van der Waals surface area contributed by atoms with Crippen LogP contribution < -0.4 is 0 Å². The highest BCUT2D eigenvalue weighted by atomic mass is 15.3. The van der Waals surface area contributed by atoms with Gasteiger partial charge in [0.1, 0.15) is 0 Å². The predicted molar refractivity (Wildman–Crippen MR) is 58.1 cm³/mol. The molecule has 14 heavy (non-hydrogen) atoms.